The molecule has 0 aromatic heterocycles. The van der Waals surface area contributed by atoms with E-state index < -0.39 is 0 Å². The van der Waals surface area contributed by atoms with Crippen molar-refractivity contribution < 1.29 is 0 Å². The third-order valence-corrected chi connectivity index (χ3v) is 9.72. The van der Waals surface area contributed by atoms with Crippen LogP contribution in [-0.2, 0) is 0 Å². The second kappa shape index (κ2) is 17.0. The molecule has 52 heavy (non-hydrogen) atoms. The number of anilines is 6. The van der Waals surface area contributed by atoms with Crippen molar-refractivity contribution in [3.05, 3.63) is 227 Å². The number of rotatable bonds is 8. The molecule has 0 bridgehead atoms. The Balaban J connectivity index is 0.000000162. The quantitative estimate of drug-likeness (QED) is 0.151. The van der Waals surface area contributed by atoms with E-state index in [-0.39, 0.29) is 0 Å². The van der Waals surface area contributed by atoms with Crippen LogP contribution in [0.5, 0.6) is 0 Å². The summed E-state index contributed by atoms with van der Waals surface area (Å²) in [7, 11) is 0. The van der Waals surface area contributed by atoms with Gasteiger partial charge in [-0.2, -0.15) is 0 Å². The molecule has 0 saturated carbocycles. The van der Waals surface area contributed by atoms with Crippen LogP contribution in [0.25, 0.3) is 22.3 Å². The van der Waals surface area contributed by atoms with Gasteiger partial charge in [0.15, 0.2) is 0 Å². The standard InChI is InChI=1S/2C24H18BrN/c2*25-21-13-17-24(18-14-21)26(22-9-5-2-6-10-22)23-15-11-20(12-16-23)19-7-3-1-4-8-19/h2*1-18H. The maximum Gasteiger partial charge on any atom is 0.0462 e. The van der Waals surface area contributed by atoms with Gasteiger partial charge >= 0.3 is 0 Å². The summed E-state index contributed by atoms with van der Waals surface area (Å²) in [4.78, 5) is 4.53. The zero-order chi connectivity index (χ0) is 35.5. The molecule has 4 heteroatoms. The van der Waals surface area contributed by atoms with Crippen LogP contribution in [0.4, 0.5) is 34.1 Å². The molecule has 8 aromatic rings. The average Bonchev–Trinajstić information content (AvgIpc) is 3.22. The molecule has 0 aliphatic carbocycles. The molecule has 0 aliphatic heterocycles. The van der Waals surface area contributed by atoms with Crippen LogP contribution in [0, 0.1) is 0 Å². The number of hydrogen-bond donors (Lipinski definition) is 0. The fourth-order valence-corrected chi connectivity index (χ4v) is 6.62. The summed E-state index contributed by atoms with van der Waals surface area (Å²) in [6.07, 6.45) is 0. The predicted molar refractivity (Wildman–Crippen MR) is 229 cm³/mol. The first-order valence-corrected chi connectivity index (χ1v) is 18.7. The van der Waals surface area contributed by atoms with Gasteiger partial charge in [0.1, 0.15) is 0 Å². The molecule has 0 amide bonds. The number of hydrogen-bond acceptors (Lipinski definition) is 2. The highest BCUT2D eigenvalue weighted by atomic mass is 79.9. The first-order chi connectivity index (χ1) is 25.6. The van der Waals surface area contributed by atoms with E-state index in [0.717, 1.165) is 43.1 Å². The fourth-order valence-electron chi connectivity index (χ4n) is 6.10. The highest BCUT2D eigenvalue weighted by Gasteiger charge is 2.13. The summed E-state index contributed by atoms with van der Waals surface area (Å²) in [6.45, 7) is 0. The predicted octanol–water partition coefficient (Wildman–Crippen LogP) is 15.2. The molecule has 0 radical (unpaired) electrons. The molecule has 0 unspecified atom stereocenters. The van der Waals surface area contributed by atoms with Crippen molar-refractivity contribution in [2.24, 2.45) is 0 Å². The Morgan fingerprint density at radius 3 is 0.712 bits per heavy atom. The fraction of sp³-hybridized carbons (Fsp3) is 0. The molecule has 0 N–H and O–H groups in total. The lowest BCUT2D eigenvalue weighted by Crippen LogP contribution is -2.09. The summed E-state index contributed by atoms with van der Waals surface area (Å²) in [5.74, 6) is 0. The van der Waals surface area contributed by atoms with Crippen molar-refractivity contribution in [1.82, 2.24) is 0 Å². The Hall–Kier alpha value is -5.68. The van der Waals surface area contributed by atoms with Gasteiger partial charge in [-0.1, -0.05) is 153 Å². The van der Waals surface area contributed by atoms with Gasteiger partial charge in [-0.25, -0.2) is 0 Å². The van der Waals surface area contributed by atoms with Crippen molar-refractivity contribution in [2.75, 3.05) is 9.80 Å². The Labute approximate surface area is 323 Å². The van der Waals surface area contributed by atoms with Gasteiger partial charge in [-0.05, 0) is 119 Å². The van der Waals surface area contributed by atoms with E-state index in [0.29, 0.717) is 0 Å². The zero-order valence-corrected chi connectivity index (χ0v) is 31.6. The lowest BCUT2D eigenvalue weighted by molar-refractivity contribution is 1.28. The molecule has 8 aromatic carbocycles. The van der Waals surface area contributed by atoms with Gasteiger partial charge < -0.3 is 9.80 Å². The summed E-state index contributed by atoms with van der Waals surface area (Å²) in [6, 6.07) is 76.0. The van der Waals surface area contributed by atoms with Gasteiger partial charge in [0, 0.05) is 43.1 Å². The van der Waals surface area contributed by atoms with Gasteiger partial charge in [-0.15, -0.1) is 0 Å². The van der Waals surface area contributed by atoms with Gasteiger partial charge in [-0.3, -0.25) is 0 Å². The summed E-state index contributed by atoms with van der Waals surface area (Å²) < 4.78 is 2.15. The van der Waals surface area contributed by atoms with Crippen LogP contribution < -0.4 is 9.80 Å². The molecule has 0 aliphatic rings. The summed E-state index contributed by atoms with van der Waals surface area (Å²) in [5.41, 5.74) is 11.7. The van der Waals surface area contributed by atoms with E-state index in [2.05, 4.69) is 236 Å². The lowest BCUT2D eigenvalue weighted by atomic mass is 10.0. The van der Waals surface area contributed by atoms with Crippen LogP contribution in [0.3, 0.4) is 0 Å². The minimum Gasteiger partial charge on any atom is -0.311 e. The Bertz CT molecular complexity index is 2090. The third-order valence-electron chi connectivity index (χ3n) is 8.66. The van der Waals surface area contributed by atoms with E-state index >= 15 is 0 Å². The van der Waals surface area contributed by atoms with Crippen molar-refractivity contribution in [1.29, 1.82) is 0 Å². The average molecular weight is 801 g/mol. The van der Waals surface area contributed by atoms with E-state index in [1.807, 2.05) is 24.3 Å². The maximum atomic E-state index is 3.52. The molecule has 0 atom stereocenters. The molecule has 252 valence electrons. The van der Waals surface area contributed by atoms with Crippen molar-refractivity contribution in [3.8, 4) is 22.3 Å². The minimum absolute atomic E-state index is 1.08. The second-order valence-electron chi connectivity index (χ2n) is 12.1. The molecule has 0 heterocycles. The molecular weight excluding hydrogens is 764 g/mol. The van der Waals surface area contributed by atoms with Crippen LogP contribution in [-0.4, -0.2) is 0 Å². The second-order valence-corrected chi connectivity index (χ2v) is 14.0. The van der Waals surface area contributed by atoms with Gasteiger partial charge in [0.2, 0.25) is 0 Å². The molecular formula is C48H36Br2N2. The SMILES string of the molecule is Brc1ccc(N(c2ccccc2)c2ccc(-c3ccccc3)cc2)cc1.Brc1ccc(N(c2ccccc2)c2ccc(-c3ccccc3)cc2)cc1. The van der Waals surface area contributed by atoms with Crippen LogP contribution in [0.2, 0.25) is 0 Å². The largest absolute Gasteiger partial charge is 0.311 e. The third kappa shape index (κ3) is 8.60. The number of halogens is 2. The Morgan fingerprint density at radius 1 is 0.212 bits per heavy atom. The molecule has 0 fully saturated rings. The molecule has 0 spiro atoms. The number of nitrogens with zero attached hydrogens (tertiary/aromatic N) is 2. The monoisotopic (exact) mass is 798 g/mol. The Morgan fingerprint density at radius 2 is 0.423 bits per heavy atom. The van der Waals surface area contributed by atoms with E-state index in [1.165, 1.54) is 22.3 Å². The van der Waals surface area contributed by atoms with E-state index in [1.54, 1.807) is 0 Å². The summed E-state index contributed by atoms with van der Waals surface area (Å²) in [5, 5.41) is 0. The smallest absolute Gasteiger partial charge is 0.0462 e. The molecule has 8 rings (SSSR count). The van der Waals surface area contributed by atoms with Gasteiger partial charge in [0.05, 0.1) is 0 Å². The Kier molecular flexibility index (Phi) is 11.4. The van der Waals surface area contributed by atoms with Crippen LogP contribution in [0.15, 0.2) is 227 Å². The first kappa shape index (κ1) is 34.8. The van der Waals surface area contributed by atoms with Crippen LogP contribution in [0.1, 0.15) is 0 Å². The first-order valence-electron chi connectivity index (χ1n) is 17.1. The van der Waals surface area contributed by atoms with Crippen molar-refractivity contribution >= 4 is 66.0 Å². The zero-order valence-electron chi connectivity index (χ0n) is 28.4. The van der Waals surface area contributed by atoms with Crippen LogP contribution >= 0.6 is 31.9 Å². The van der Waals surface area contributed by atoms with Crippen molar-refractivity contribution in [2.45, 2.75) is 0 Å². The summed E-state index contributed by atoms with van der Waals surface area (Å²) >= 11 is 7.05. The number of benzene rings is 8. The number of para-hydroxylation sites is 2. The normalized spacial score (nSPS) is 10.5. The highest BCUT2D eigenvalue weighted by Crippen LogP contribution is 2.37. The highest BCUT2D eigenvalue weighted by molar-refractivity contribution is 9.10. The van der Waals surface area contributed by atoms with Crippen molar-refractivity contribution in [3.63, 3.8) is 0 Å². The molecule has 0 saturated heterocycles. The van der Waals surface area contributed by atoms with E-state index in [9.17, 15) is 0 Å². The lowest BCUT2D eigenvalue weighted by Gasteiger charge is -2.25. The van der Waals surface area contributed by atoms with Gasteiger partial charge in [0.25, 0.3) is 0 Å². The minimum atomic E-state index is 1.08. The maximum absolute atomic E-state index is 3.52. The topological polar surface area (TPSA) is 6.48 Å². The molecule has 2 nitrogen and oxygen atoms in total. The van der Waals surface area contributed by atoms with E-state index in [4.69, 9.17) is 0 Å².